The summed E-state index contributed by atoms with van der Waals surface area (Å²) >= 11 is 0. The quantitative estimate of drug-likeness (QED) is 0.603. The first kappa shape index (κ1) is 21.8. The zero-order valence-electron chi connectivity index (χ0n) is 16.1. The second-order valence-electron chi connectivity index (χ2n) is 6.56. The molecule has 0 aliphatic rings. The van der Waals surface area contributed by atoms with Gasteiger partial charge < -0.3 is 16.4 Å². The van der Waals surface area contributed by atoms with E-state index in [2.05, 4.69) is 10.6 Å². The number of carbonyl (C=O) groups is 3. The first-order valence-corrected chi connectivity index (χ1v) is 9.18. The molecular formula is C22H24FN3O3. The van der Waals surface area contributed by atoms with Gasteiger partial charge in [-0.1, -0.05) is 60.7 Å². The van der Waals surface area contributed by atoms with E-state index in [1.54, 1.807) is 12.1 Å². The highest BCUT2D eigenvalue weighted by Crippen LogP contribution is 2.10. The highest BCUT2D eigenvalue weighted by atomic mass is 19.1. The van der Waals surface area contributed by atoms with Gasteiger partial charge in [0.05, 0.1) is 0 Å². The Hall–Kier alpha value is -3.48. The number of nitrogens with two attached hydrogens (primary N) is 1. The van der Waals surface area contributed by atoms with E-state index in [-0.39, 0.29) is 18.4 Å². The van der Waals surface area contributed by atoms with E-state index in [9.17, 15) is 18.8 Å². The molecule has 29 heavy (non-hydrogen) atoms. The van der Waals surface area contributed by atoms with Crippen LogP contribution in [0, 0.1) is 5.82 Å². The fourth-order valence-electron chi connectivity index (χ4n) is 2.76. The third-order valence-electron chi connectivity index (χ3n) is 4.22. The Morgan fingerprint density at radius 1 is 1.00 bits per heavy atom. The van der Waals surface area contributed by atoms with Crippen LogP contribution in [0.3, 0.4) is 0 Å². The largest absolute Gasteiger partial charge is 0.368 e. The average molecular weight is 397 g/mol. The normalized spacial score (nSPS) is 12.9. The minimum atomic E-state index is -1.04. The molecule has 0 spiro atoms. The summed E-state index contributed by atoms with van der Waals surface area (Å²) in [6, 6.07) is 13.4. The van der Waals surface area contributed by atoms with Crippen LogP contribution in [-0.4, -0.2) is 29.8 Å². The summed E-state index contributed by atoms with van der Waals surface area (Å²) in [5, 5.41) is 5.04. The van der Waals surface area contributed by atoms with Crippen LogP contribution in [0.4, 0.5) is 4.39 Å². The van der Waals surface area contributed by atoms with Gasteiger partial charge in [-0.05, 0) is 23.6 Å². The maximum atomic E-state index is 13.9. The summed E-state index contributed by atoms with van der Waals surface area (Å²) in [6.07, 6.45) is 3.67. The number of benzene rings is 2. The molecule has 2 rings (SSSR count). The first-order chi connectivity index (χ1) is 13.9. The number of nitrogens with one attached hydrogen (secondary N) is 2. The van der Waals surface area contributed by atoms with Crippen LogP contribution < -0.4 is 16.4 Å². The number of carbonyl (C=O) groups excluding carboxylic acids is 3. The second kappa shape index (κ2) is 10.8. The van der Waals surface area contributed by atoms with Crippen molar-refractivity contribution in [3.63, 3.8) is 0 Å². The Labute approximate surface area is 169 Å². The predicted molar refractivity (Wildman–Crippen MR) is 109 cm³/mol. The molecule has 6 nitrogen and oxygen atoms in total. The van der Waals surface area contributed by atoms with Crippen LogP contribution in [0.25, 0.3) is 6.08 Å². The van der Waals surface area contributed by atoms with Gasteiger partial charge in [0.15, 0.2) is 0 Å². The smallest absolute Gasteiger partial charge is 0.243 e. The summed E-state index contributed by atoms with van der Waals surface area (Å²) in [5.41, 5.74) is 6.63. The van der Waals surface area contributed by atoms with Crippen molar-refractivity contribution in [2.45, 2.75) is 31.8 Å². The van der Waals surface area contributed by atoms with Crippen molar-refractivity contribution in [1.82, 2.24) is 10.6 Å². The third kappa shape index (κ3) is 7.21. The minimum Gasteiger partial charge on any atom is -0.368 e. The van der Waals surface area contributed by atoms with Crippen LogP contribution in [-0.2, 0) is 20.8 Å². The summed E-state index contributed by atoms with van der Waals surface area (Å²) < 4.78 is 13.9. The Morgan fingerprint density at radius 3 is 2.28 bits per heavy atom. The number of rotatable bonds is 9. The molecular weight excluding hydrogens is 373 g/mol. The van der Waals surface area contributed by atoms with Crippen LogP contribution in [0.15, 0.2) is 60.7 Å². The van der Waals surface area contributed by atoms with E-state index >= 15 is 0 Å². The topological polar surface area (TPSA) is 101 Å². The van der Waals surface area contributed by atoms with Crippen molar-refractivity contribution in [1.29, 1.82) is 0 Å². The highest BCUT2D eigenvalue weighted by molar-refractivity contribution is 5.91. The second-order valence-corrected chi connectivity index (χ2v) is 6.56. The van der Waals surface area contributed by atoms with Gasteiger partial charge in [0.2, 0.25) is 17.7 Å². The molecule has 0 aromatic heterocycles. The van der Waals surface area contributed by atoms with Crippen LogP contribution >= 0.6 is 0 Å². The Kier molecular flexibility index (Phi) is 8.09. The van der Waals surface area contributed by atoms with Gasteiger partial charge in [0.25, 0.3) is 0 Å². The zero-order chi connectivity index (χ0) is 21.2. The Balaban J connectivity index is 2.07. The van der Waals surface area contributed by atoms with E-state index in [1.165, 1.54) is 25.1 Å². The van der Waals surface area contributed by atoms with Gasteiger partial charge >= 0.3 is 0 Å². The molecule has 2 aromatic rings. The fraction of sp³-hybridized carbons (Fsp3) is 0.227. The van der Waals surface area contributed by atoms with E-state index in [0.29, 0.717) is 0 Å². The molecule has 0 radical (unpaired) electrons. The first-order valence-electron chi connectivity index (χ1n) is 9.18. The van der Waals surface area contributed by atoms with Gasteiger partial charge in [0, 0.05) is 13.3 Å². The number of primary amides is 1. The molecule has 4 N–H and O–H groups in total. The van der Waals surface area contributed by atoms with E-state index < -0.39 is 35.6 Å². The molecule has 152 valence electrons. The van der Waals surface area contributed by atoms with Crippen LogP contribution in [0.1, 0.15) is 24.5 Å². The monoisotopic (exact) mass is 397 g/mol. The molecule has 0 saturated heterocycles. The van der Waals surface area contributed by atoms with Crippen molar-refractivity contribution >= 4 is 23.8 Å². The van der Waals surface area contributed by atoms with Crippen molar-refractivity contribution < 1.29 is 18.8 Å². The van der Waals surface area contributed by atoms with Gasteiger partial charge in [-0.15, -0.1) is 0 Å². The molecule has 0 fully saturated rings. The summed E-state index contributed by atoms with van der Waals surface area (Å²) in [4.78, 5) is 35.9. The van der Waals surface area contributed by atoms with E-state index in [0.717, 1.165) is 5.56 Å². The standard InChI is InChI=1S/C22H24FN3O3/c1-15(27)25-20(14-17-11-5-6-12-18(17)23)22(29)26-19(21(24)28)13-7-10-16-8-3-2-4-9-16/h2-12,19-20H,13-14H2,1H3,(H2,24,28)(H,25,27)(H,26,29)/b10-7+/t19-,20+/m1/s1. The van der Waals surface area contributed by atoms with E-state index in [1.807, 2.05) is 36.4 Å². The van der Waals surface area contributed by atoms with Gasteiger partial charge in [0.1, 0.15) is 17.9 Å². The molecule has 0 unspecified atom stereocenters. The number of hydrogen-bond acceptors (Lipinski definition) is 3. The van der Waals surface area contributed by atoms with Crippen LogP contribution in [0.2, 0.25) is 0 Å². The minimum absolute atomic E-state index is 0.0522. The van der Waals surface area contributed by atoms with Crippen molar-refractivity contribution in [3.05, 3.63) is 77.6 Å². The molecule has 7 heteroatoms. The third-order valence-corrected chi connectivity index (χ3v) is 4.22. The summed E-state index contributed by atoms with van der Waals surface area (Å²) in [5.74, 6) is -2.24. The van der Waals surface area contributed by atoms with Crippen molar-refractivity contribution in [2.75, 3.05) is 0 Å². The lowest BCUT2D eigenvalue weighted by atomic mass is 10.0. The van der Waals surface area contributed by atoms with Gasteiger partial charge in [-0.3, -0.25) is 14.4 Å². The lowest BCUT2D eigenvalue weighted by molar-refractivity contribution is -0.130. The Morgan fingerprint density at radius 2 is 1.66 bits per heavy atom. The number of halogens is 1. The van der Waals surface area contributed by atoms with Crippen molar-refractivity contribution in [2.24, 2.45) is 5.73 Å². The highest BCUT2D eigenvalue weighted by Gasteiger charge is 2.25. The lowest BCUT2D eigenvalue weighted by Gasteiger charge is -2.21. The number of amides is 3. The number of hydrogen-bond donors (Lipinski definition) is 3. The zero-order valence-corrected chi connectivity index (χ0v) is 16.1. The predicted octanol–water partition coefficient (Wildman–Crippen LogP) is 1.95. The molecule has 0 heterocycles. The molecule has 0 aliphatic carbocycles. The molecule has 2 aromatic carbocycles. The molecule has 0 saturated carbocycles. The maximum Gasteiger partial charge on any atom is 0.243 e. The SMILES string of the molecule is CC(=O)N[C@@H](Cc1ccccc1F)C(=O)N[C@H](C/C=C/c1ccccc1)C(N)=O. The Bertz CT molecular complexity index is 884. The summed E-state index contributed by atoms with van der Waals surface area (Å²) in [6.45, 7) is 1.26. The van der Waals surface area contributed by atoms with Crippen molar-refractivity contribution in [3.8, 4) is 0 Å². The van der Waals surface area contributed by atoms with E-state index in [4.69, 9.17) is 5.73 Å². The maximum absolute atomic E-state index is 13.9. The fourth-order valence-corrected chi connectivity index (χ4v) is 2.76. The molecule has 3 amide bonds. The summed E-state index contributed by atoms with van der Waals surface area (Å²) in [7, 11) is 0. The average Bonchev–Trinajstić information content (AvgIpc) is 2.68. The van der Waals surface area contributed by atoms with Gasteiger partial charge in [-0.2, -0.15) is 0 Å². The molecule has 0 bridgehead atoms. The van der Waals surface area contributed by atoms with Crippen LogP contribution in [0.5, 0.6) is 0 Å². The van der Waals surface area contributed by atoms with Gasteiger partial charge in [-0.25, -0.2) is 4.39 Å². The molecule has 2 atom stereocenters. The lowest BCUT2D eigenvalue weighted by Crippen LogP contribution is -2.53. The molecule has 0 aliphatic heterocycles.